The van der Waals surface area contributed by atoms with E-state index in [4.69, 9.17) is 0 Å². The number of rotatable bonds is 13. The number of carbonyl (C=O) groups is 1. The van der Waals surface area contributed by atoms with E-state index in [1.165, 1.54) is 117 Å². The smallest absolute Gasteiger partial charge is 0.145 e. The number of carbonyl (C=O) groups excluding carboxylic acids is 1. The van der Waals surface area contributed by atoms with Crippen LogP contribution in [0.25, 0.3) is 21.9 Å². The number of aliphatic hydroxyl groups excluding tert-OH is 1. The van der Waals surface area contributed by atoms with Crippen LogP contribution in [0.15, 0.2) is 72.8 Å². The lowest BCUT2D eigenvalue weighted by molar-refractivity contribution is -0.104. The highest BCUT2D eigenvalue weighted by molar-refractivity contribution is 5.88. The Hall–Kier alpha value is -2.71. The zero-order valence-electron chi connectivity index (χ0n) is 28.6. The summed E-state index contributed by atoms with van der Waals surface area (Å²) in [6, 6.07) is 23.6. The normalized spacial score (nSPS) is 22.3. The van der Waals surface area contributed by atoms with Gasteiger partial charge in [0.05, 0.1) is 0 Å². The van der Waals surface area contributed by atoms with Gasteiger partial charge in [0, 0.05) is 6.61 Å². The Kier molecular flexibility index (Phi) is 14.4. The zero-order valence-corrected chi connectivity index (χ0v) is 28.6. The van der Waals surface area contributed by atoms with Crippen molar-refractivity contribution in [3.8, 4) is 11.1 Å². The number of aryl methyl sites for hydroxylation is 1. The Bertz CT molecular complexity index is 1300. The fraction of sp³-hybridized carbons (Fsp3) is 0.558. The molecule has 0 aromatic heterocycles. The summed E-state index contributed by atoms with van der Waals surface area (Å²) in [5.74, 6) is 3.96. The van der Waals surface area contributed by atoms with Crippen molar-refractivity contribution < 1.29 is 9.90 Å². The van der Waals surface area contributed by atoms with Crippen LogP contribution in [0.3, 0.4) is 0 Å². The van der Waals surface area contributed by atoms with Crippen molar-refractivity contribution in [3.63, 3.8) is 0 Å². The average molecular weight is 609 g/mol. The summed E-state index contributed by atoms with van der Waals surface area (Å²) in [6.07, 6.45) is 20.9. The fourth-order valence-electron chi connectivity index (χ4n) is 7.97. The molecule has 3 aromatic rings. The van der Waals surface area contributed by atoms with Gasteiger partial charge in [-0.3, -0.25) is 4.79 Å². The van der Waals surface area contributed by atoms with E-state index in [9.17, 15) is 9.90 Å². The molecule has 0 bridgehead atoms. The molecule has 0 saturated heterocycles. The molecule has 5 rings (SSSR count). The van der Waals surface area contributed by atoms with Crippen molar-refractivity contribution in [1.82, 2.24) is 0 Å². The predicted octanol–water partition coefficient (Wildman–Crippen LogP) is 11.9. The number of allylic oxidation sites excluding steroid dienone is 1. The minimum Gasteiger partial charge on any atom is -0.396 e. The largest absolute Gasteiger partial charge is 0.396 e. The van der Waals surface area contributed by atoms with Crippen molar-refractivity contribution in [2.24, 2.45) is 23.7 Å². The van der Waals surface area contributed by atoms with E-state index in [1.807, 2.05) is 0 Å². The first kappa shape index (κ1) is 35.1. The molecule has 3 aromatic carbocycles. The van der Waals surface area contributed by atoms with Crippen LogP contribution in [0.2, 0.25) is 0 Å². The maximum Gasteiger partial charge on any atom is 0.145 e. The summed E-state index contributed by atoms with van der Waals surface area (Å²) in [4.78, 5) is 9.41. The number of hydrogen-bond acceptors (Lipinski definition) is 2. The molecule has 2 saturated carbocycles. The van der Waals surface area contributed by atoms with Crippen LogP contribution in [0, 0.1) is 23.7 Å². The molecule has 0 radical (unpaired) electrons. The van der Waals surface area contributed by atoms with E-state index in [2.05, 4.69) is 81.1 Å². The number of benzene rings is 3. The van der Waals surface area contributed by atoms with Gasteiger partial charge in [-0.15, -0.1) is 0 Å². The lowest BCUT2D eigenvalue weighted by Gasteiger charge is -2.34. The van der Waals surface area contributed by atoms with Crippen molar-refractivity contribution in [2.75, 3.05) is 6.61 Å². The lowest BCUT2D eigenvalue weighted by atomic mass is 9.72. The molecular formula is C43H60O2. The topological polar surface area (TPSA) is 37.3 Å². The molecule has 2 aliphatic rings. The fourth-order valence-corrected chi connectivity index (χ4v) is 7.97. The summed E-state index contributed by atoms with van der Waals surface area (Å²) in [7, 11) is 0. The summed E-state index contributed by atoms with van der Waals surface area (Å²) in [5, 5.41) is 12.4. The molecule has 2 heteroatoms. The van der Waals surface area contributed by atoms with E-state index >= 15 is 0 Å². The van der Waals surface area contributed by atoms with Crippen molar-refractivity contribution in [2.45, 2.75) is 123 Å². The van der Waals surface area contributed by atoms with Crippen LogP contribution in [-0.2, 0) is 11.2 Å². The van der Waals surface area contributed by atoms with Crippen molar-refractivity contribution in [1.29, 1.82) is 0 Å². The summed E-state index contributed by atoms with van der Waals surface area (Å²) >= 11 is 0. The molecule has 0 heterocycles. The van der Waals surface area contributed by atoms with Gasteiger partial charge in [0.15, 0.2) is 0 Å². The van der Waals surface area contributed by atoms with Crippen molar-refractivity contribution in [3.05, 3.63) is 83.9 Å². The predicted molar refractivity (Wildman–Crippen MR) is 194 cm³/mol. The van der Waals surface area contributed by atoms with E-state index in [0.29, 0.717) is 18.1 Å². The highest BCUT2D eigenvalue weighted by atomic mass is 16.3. The van der Waals surface area contributed by atoms with E-state index in [-0.39, 0.29) is 0 Å². The van der Waals surface area contributed by atoms with Crippen LogP contribution < -0.4 is 0 Å². The van der Waals surface area contributed by atoms with Gasteiger partial charge in [-0.05, 0) is 133 Å². The number of unbranched alkanes of at least 4 members (excludes halogenated alkanes) is 2. The van der Waals surface area contributed by atoms with Crippen LogP contribution in [0.4, 0.5) is 0 Å². The third-order valence-electron chi connectivity index (χ3n) is 11.0. The first-order valence-electron chi connectivity index (χ1n) is 18.3. The first-order chi connectivity index (χ1) is 21.9. The second-order valence-electron chi connectivity index (χ2n) is 14.4. The standard InChI is InChI=1S/C39H54O.C4H6O/c1-3-5-6-7-31-14-19-39-27-38(25-24-37(39)26-31)36-22-20-35(21-23-36)34-17-12-30(13-18-34)9-8-29-10-15-33(16-11-29)32(4-2)28-40;1-4(2)3-5/h14,19-27,29-30,32-34,40H,3-13,15-18,28H2,1-2H3;3H,1H2,2H3. The van der Waals surface area contributed by atoms with Crippen LogP contribution >= 0.6 is 0 Å². The Morgan fingerprint density at radius 2 is 1.38 bits per heavy atom. The second kappa shape index (κ2) is 18.4. The van der Waals surface area contributed by atoms with Gasteiger partial charge in [0.2, 0.25) is 0 Å². The molecule has 0 spiro atoms. The Balaban J connectivity index is 0.000000854. The maximum absolute atomic E-state index is 9.66. The third kappa shape index (κ3) is 10.7. The molecule has 1 N–H and O–H groups in total. The first-order valence-corrected chi connectivity index (χ1v) is 18.3. The molecular weight excluding hydrogens is 548 g/mol. The summed E-state index contributed by atoms with van der Waals surface area (Å²) in [5.41, 5.74) is 6.26. The van der Waals surface area contributed by atoms with Crippen LogP contribution in [0.5, 0.6) is 0 Å². The highest BCUT2D eigenvalue weighted by Gasteiger charge is 2.28. The monoisotopic (exact) mass is 608 g/mol. The van der Waals surface area contributed by atoms with Crippen LogP contribution in [-0.4, -0.2) is 18.0 Å². The minimum absolute atomic E-state index is 0.390. The number of fused-ring (bicyclic) bond motifs is 1. The van der Waals surface area contributed by atoms with E-state index < -0.39 is 0 Å². The lowest BCUT2D eigenvalue weighted by Crippen LogP contribution is -2.24. The van der Waals surface area contributed by atoms with E-state index in [0.717, 1.165) is 36.4 Å². The second-order valence-corrected chi connectivity index (χ2v) is 14.4. The minimum atomic E-state index is 0.390. The summed E-state index contributed by atoms with van der Waals surface area (Å²) in [6.45, 7) is 9.87. The van der Waals surface area contributed by atoms with Gasteiger partial charge in [-0.2, -0.15) is 0 Å². The molecule has 2 fully saturated rings. The molecule has 45 heavy (non-hydrogen) atoms. The van der Waals surface area contributed by atoms with Gasteiger partial charge in [0.25, 0.3) is 0 Å². The molecule has 2 nitrogen and oxygen atoms in total. The molecule has 2 aliphatic carbocycles. The number of aliphatic hydroxyl groups is 1. The quantitative estimate of drug-likeness (QED) is 0.119. The van der Waals surface area contributed by atoms with Gasteiger partial charge in [-0.25, -0.2) is 0 Å². The van der Waals surface area contributed by atoms with Gasteiger partial charge in [0.1, 0.15) is 6.29 Å². The molecule has 0 aliphatic heterocycles. The van der Waals surface area contributed by atoms with Gasteiger partial charge in [-0.1, -0.05) is 120 Å². The van der Waals surface area contributed by atoms with Gasteiger partial charge >= 0.3 is 0 Å². The highest BCUT2D eigenvalue weighted by Crippen LogP contribution is 2.41. The third-order valence-corrected chi connectivity index (χ3v) is 11.0. The summed E-state index contributed by atoms with van der Waals surface area (Å²) < 4.78 is 0. The number of aldehydes is 1. The number of hydrogen-bond donors (Lipinski definition) is 1. The molecule has 1 unspecified atom stereocenters. The molecule has 0 amide bonds. The molecule has 244 valence electrons. The van der Waals surface area contributed by atoms with Gasteiger partial charge < -0.3 is 5.11 Å². The molecule has 1 atom stereocenters. The Morgan fingerprint density at radius 1 is 0.800 bits per heavy atom. The van der Waals surface area contributed by atoms with Crippen LogP contribution in [0.1, 0.15) is 128 Å². The Labute approximate surface area is 274 Å². The zero-order chi connectivity index (χ0) is 32.0. The average Bonchev–Trinajstić information content (AvgIpc) is 3.09. The van der Waals surface area contributed by atoms with Crippen molar-refractivity contribution >= 4 is 17.1 Å². The maximum atomic E-state index is 9.66. The van der Waals surface area contributed by atoms with E-state index in [1.54, 1.807) is 12.5 Å². The SMILES string of the molecule is C=C(C)C=O.CCCCCc1ccc2cc(-c3ccc(C4CCC(CCC5CCC(C(CC)CO)CC5)CC4)cc3)ccc2c1. The Morgan fingerprint density at radius 3 is 1.96 bits per heavy atom.